The highest BCUT2D eigenvalue weighted by molar-refractivity contribution is 5.78. The molecular formula is C18H36N4O2. The molecule has 6 heteroatoms. The molecule has 0 spiro atoms. The first-order valence-electron chi connectivity index (χ1n) is 9.44. The number of likely N-dealkylation sites (tertiary alicyclic amines) is 1. The van der Waals surface area contributed by atoms with E-state index in [1.165, 1.54) is 12.8 Å². The molecule has 0 aliphatic carbocycles. The Morgan fingerprint density at radius 1 is 1.08 bits per heavy atom. The van der Waals surface area contributed by atoms with Crippen LogP contribution in [0.4, 0.5) is 0 Å². The summed E-state index contributed by atoms with van der Waals surface area (Å²) in [5.41, 5.74) is 0. The van der Waals surface area contributed by atoms with E-state index in [1.54, 1.807) is 7.11 Å². The van der Waals surface area contributed by atoms with E-state index in [1.807, 2.05) is 11.9 Å². The van der Waals surface area contributed by atoms with Gasteiger partial charge in [0.15, 0.2) is 0 Å². The molecule has 140 valence electrons. The fourth-order valence-corrected chi connectivity index (χ4v) is 3.67. The van der Waals surface area contributed by atoms with E-state index in [9.17, 15) is 4.79 Å². The highest BCUT2D eigenvalue weighted by Crippen LogP contribution is 2.18. The van der Waals surface area contributed by atoms with E-state index in [-0.39, 0.29) is 5.91 Å². The molecule has 1 amide bonds. The highest BCUT2D eigenvalue weighted by Gasteiger charge is 2.23. The van der Waals surface area contributed by atoms with Crippen molar-refractivity contribution in [3.63, 3.8) is 0 Å². The first-order chi connectivity index (χ1) is 11.6. The van der Waals surface area contributed by atoms with Gasteiger partial charge in [0.2, 0.25) is 5.91 Å². The number of hydrogen-bond donors (Lipinski definition) is 0. The molecule has 2 aliphatic rings. The molecular weight excluding hydrogens is 304 g/mol. The zero-order valence-electron chi connectivity index (χ0n) is 15.9. The van der Waals surface area contributed by atoms with E-state index >= 15 is 0 Å². The Morgan fingerprint density at radius 2 is 1.83 bits per heavy atom. The minimum atomic E-state index is 0.279. The third-order valence-electron chi connectivity index (χ3n) is 5.45. The lowest BCUT2D eigenvalue weighted by atomic mass is 9.96. The molecule has 0 aromatic carbocycles. The van der Waals surface area contributed by atoms with Gasteiger partial charge in [0, 0.05) is 40.3 Å². The molecule has 0 aromatic rings. The van der Waals surface area contributed by atoms with Crippen LogP contribution < -0.4 is 0 Å². The number of ether oxygens (including phenoxy) is 1. The maximum atomic E-state index is 12.5. The van der Waals surface area contributed by atoms with Gasteiger partial charge < -0.3 is 19.4 Å². The van der Waals surface area contributed by atoms with Gasteiger partial charge in [-0.3, -0.25) is 9.69 Å². The van der Waals surface area contributed by atoms with Crippen LogP contribution in [0.1, 0.15) is 19.3 Å². The summed E-state index contributed by atoms with van der Waals surface area (Å²) in [6, 6.07) is 0. The van der Waals surface area contributed by atoms with Gasteiger partial charge in [-0.05, 0) is 58.4 Å². The summed E-state index contributed by atoms with van der Waals surface area (Å²) in [5, 5.41) is 0. The summed E-state index contributed by atoms with van der Waals surface area (Å²) in [6.45, 7) is 9.86. The normalized spacial score (nSPS) is 22.5. The smallest absolute Gasteiger partial charge is 0.236 e. The third-order valence-corrected chi connectivity index (χ3v) is 5.45. The van der Waals surface area contributed by atoms with Crippen molar-refractivity contribution in [3.05, 3.63) is 0 Å². The number of methoxy groups -OCH3 is 1. The fraction of sp³-hybridized carbons (Fsp3) is 0.944. The molecule has 0 saturated carbocycles. The number of hydrogen-bond acceptors (Lipinski definition) is 5. The molecule has 0 aromatic heterocycles. The first kappa shape index (κ1) is 19.6. The minimum Gasteiger partial charge on any atom is -0.383 e. The second-order valence-electron chi connectivity index (χ2n) is 7.49. The van der Waals surface area contributed by atoms with Gasteiger partial charge >= 0.3 is 0 Å². The van der Waals surface area contributed by atoms with Crippen LogP contribution in [0.5, 0.6) is 0 Å². The Balaban J connectivity index is 1.66. The molecule has 2 fully saturated rings. The van der Waals surface area contributed by atoms with Crippen LogP contribution in [0.2, 0.25) is 0 Å². The van der Waals surface area contributed by atoms with Gasteiger partial charge in [-0.25, -0.2) is 0 Å². The third kappa shape index (κ3) is 6.67. The molecule has 2 aliphatic heterocycles. The lowest BCUT2D eigenvalue weighted by Gasteiger charge is -2.34. The number of nitrogens with zero attached hydrogens (tertiary/aromatic N) is 4. The number of likely N-dealkylation sites (N-methyl/N-ethyl adjacent to an activating group) is 2. The Bertz CT molecular complexity index is 372. The van der Waals surface area contributed by atoms with Crippen LogP contribution in [-0.2, 0) is 9.53 Å². The van der Waals surface area contributed by atoms with Crippen molar-refractivity contribution in [1.82, 2.24) is 19.6 Å². The molecule has 2 heterocycles. The van der Waals surface area contributed by atoms with Gasteiger partial charge in [-0.15, -0.1) is 0 Å². The summed E-state index contributed by atoms with van der Waals surface area (Å²) in [7, 11) is 5.90. The lowest BCUT2D eigenvalue weighted by molar-refractivity contribution is -0.131. The summed E-state index contributed by atoms with van der Waals surface area (Å²) in [5.74, 6) is 0.925. The van der Waals surface area contributed by atoms with Crippen molar-refractivity contribution in [3.8, 4) is 0 Å². The monoisotopic (exact) mass is 340 g/mol. The van der Waals surface area contributed by atoms with E-state index in [4.69, 9.17) is 4.74 Å². The Labute approximate surface area is 147 Å². The highest BCUT2D eigenvalue weighted by atomic mass is 16.5. The zero-order chi connectivity index (χ0) is 17.4. The van der Waals surface area contributed by atoms with Crippen molar-refractivity contribution in [2.75, 3.05) is 86.7 Å². The topological polar surface area (TPSA) is 39.3 Å². The molecule has 24 heavy (non-hydrogen) atoms. The number of piperidine rings is 1. The molecule has 0 unspecified atom stereocenters. The van der Waals surface area contributed by atoms with E-state index < -0.39 is 0 Å². The Hall–Kier alpha value is -0.690. The minimum absolute atomic E-state index is 0.279. The second-order valence-corrected chi connectivity index (χ2v) is 7.49. The SMILES string of the molecule is COCCN1CCC(CN(C)C(=O)CN2CCCN(C)CC2)CC1. The number of rotatable bonds is 7. The average Bonchev–Trinajstić information content (AvgIpc) is 2.78. The van der Waals surface area contributed by atoms with Gasteiger partial charge in [-0.1, -0.05) is 0 Å². The predicted molar refractivity (Wildman–Crippen MR) is 97.2 cm³/mol. The molecule has 0 N–H and O–H groups in total. The van der Waals surface area contributed by atoms with Crippen LogP contribution in [0, 0.1) is 5.92 Å². The second kappa shape index (κ2) is 10.3. The van der Waals surface area contributed by atoms with Crippen molar-refractivity contribution >= 4 is 5.91 Å². The maximum absolute atomic E-state index is 12.5. The van der Waals surface area contributed by atoms with Crippen LogP contribution in [0.3, 0.4) is 0 Å². The van der Waals surface area contributed by atoms with E-state index in [0.717, 1.165) is 65.4 Å². The summed E-state index contributed by atoms with van der Waals surface area (Å²) in [4.78, 5) is 21.6. The summed E-state index contributed by atoms with van der Waals surface area (Å²) in [6.07, 6.45) is 3.54. The number of carbonyl (C=O) groups excluding carboxylic acids is 1. The molecule has 2 saturated heterocycles. The van der Waals surface area contributed by atoms with Crippen molar-refractivity contribution in [2.45, 2.75) is 19.3 Å². The fourth-order valence-electron chi connectivity index (χ4n) is 3.67. The quantitative estimate of drug-likeness (QED) is 0.673. The van der Waals surface area contributed by atoms with Crippen molar-refractivity contribution < 1.29 is 9.53 Å². The largest absolute Gasteiger partial charge is 0.383 e. The Morgan fingerprint density at radius 3 is 2.54 bits per heavy atom. The van der Waals surface area contributed by atoms with Crippen LogP contribution >= 0.6 is 0 Å². The number of carbonyl (C=O) groups is 1. The maximum Gasteiger partial charge on any atom is 0.236 e. The summed E-state index contributed by atoms with van der Waals surface area (Å²) < 4.78 is 5.15. The van der Waals surface area contributed by atoms with E-state index in [0.29, 0.717) is 12.5 Å². The standard InChI is InChI=1S/C18H36N4O2/c1-19-7-4-8-22(12-11-19)16-18(23)20(2)15-17-5-9-21(10-6-17)13-14-24-3/h17H,4-16H2,1-3H3. The first-order valence-corrected chi connectivity index (χ1v) is 9.44. The van der Waals surface area contributed by atoms with Crippen LogP contribution in [0.15, 0.2) is 0 Å². The summed E-state index contributed by atoms with van der Waals surface area (Å²) >= 11 is 0. The molecule has 0 radical (unpaired) electrons. The molecule has 2 rings (SSSR count). The lowest BCUT2D eigenvalue weighted by Crippen LogP contribution is -2.44. The van der Waals surface area contributed by atoms with Crippen molar-refractivity contribution in [2.24, 2.45) is 5.92 Å². The van der Waals surface area contributed by atoms with E-state index in [2.05, 4.69) is 21.7 Å². The van der Waals surface area contributed by atoms with Crippen molar-refractivity contribution in [1.29, 1.82) is 0 Å². The Kier molecular flexibility index (Phi) is 8.45. The van der Waals surface area contributed by atoms with Crippen LogP contribution in [0.25, 0.3) is 0 Å². The average molecular weight is 341 g/mol. The predicted octanol–water partition coefficient (Wildman–Crippen LogP) is 0.441. The van der Waals surface area contributed by atoms with Gasteiger partial charge in [0.05, 0.1) is 13.2 Å². The zero-order valence-corrected chi connectivity index (χ0v) is 15.9. The van der Waals surface area contributed by atoms with Gasteiger partial charge in [0.25, 0.3) is 0 Å². The molecule has 0 bridgehead atoms. The molecule has 6 nitrogen and oxygen atoms in total. The number of amides is 1. The van der Waals surface area contributed by atoms with Crippen LogP contribution in [-0.4, -0.2) is 112 Å². The van der Waals surface area contributed by atoms with Gasteiger partial charge in [0.1, 0.15) is 0 Å². The van der Waals surface area contributed by atoms with Gasteiger partial charge in [-0.2, -0.15) is 0 Å². The molecule has 0 atom stereocenters.